The number of amides is 1. The first-order valence-corrected chi connectivity index (χ1v) is 8.63. The third-order valence-electron chi connectivity index (χ3n) is 4.49. The number of rotatable bonds is 3. The van der Waals surface area contributed by atoms with Crippen molar-refractivity contribution in [2.45, 2.75) is 17.7 Å². The van der Waals surface area contributed by atoms with Crippen LogP contribution in [0.5, 0.6) is 0 Å². The van der Waals surface area contributed by atoms with Crippen LogP contribution in [0.4, 0.5) is 10.1 Å². The summed E-state index contributed by atoms with van der Waals surface area (Å²) in [6, 6.07) is 4.30. The molecule has 8 heteroatoms. The van der Waals surface area contributed by atoms with E-state index >= 15 is 0 Å². The lowest BCUT2D eigenvalue weighted by atomic mass is 9.78. The molecule has 2 aliphatic rings. The molecule has 1 amide bonds. The van der Waals surface area contributed by atoms with E-state index in [1.54, 1.807) is 13.0 Å². The topological polar surface area (TPSA) is 93.8 Å². The fourth-order valence-corrected chi connectivity index (χ4v) is 4.84. The number of carbonyl (C=O) groups excluding carboxylic acids is 1. The highest BCUT2D eigenvalue weighted by Gasteiger charge is 2.49. The molecule has 0 aromatic heterocycles. The second-order valence-electron chi connectivity index (χ2n) is 5.91. The van der Waals surface area contributed by atoms with Crippen LogP contribution < -0.4 is 11.1 Å². The highest BCUT2D eigenvalue weighted by atomic mass is 32.2. The predicted molar refractivity (Wildman–Crippen MR) is 86.2 cm³/mol. The number of halogens is 1. The summed E-state index contributed by atoms with van der Waals surface area (Å²) >= 11 is 0. The fraction of sp³-hybridized carbons (Fsp3) is 0.467. The summed E-state index contributed by atoms with van der Waals surface area (Å²) in [5.41, 5.74) is 5.69. The Labute approximate surface area is 135 Å². The van der Waals surface area contributed by atoms with Crippen molar-refractivity contribution >= 4 is 28.7 Å². The first kappa shape index (κ1) is 16.1. The van der Waals surface area contributed by atoms with Gasteiger partial charge in [-0.1, -0.05) is 0 Å². The number of ether oxygens (including phenoxy) is 1. The number of carbonyl (C=O) groups is 1. The molecular weight excluding hydrogens is 321 g/mol. The highest BCUT2D eigenvalue weighted by Crippen LogP contribution is 2.43. The molecule has 23 heavy (non-hydrogen) atoms. The molecule has 1 aromatic rings. The van der Waals surface area contributed by atoms with E-state index in [1.807, 2.05) is 0 Å². The number of anilines is 1. The van der Waals surface area contributed by atoms with Gasteiger partial charge in [0.25, 0.3) is 0 Å². The van der Waals surface area contributed by atoms with Crippen molar-refractivity contribution < 1.29 is 18.1 Å². The van der Waals surface area contributed by atoms with Crippen LogP contribution in [0.15, 0.2) is 23.2 Å². The first-order chi connectivity index (χ1) is 11.0. The molecule has 2 unspecified atom stereocenters. The normalized spacial score (nSPS) is 33.5. The molecule has 0 saturated carbocycles. The highest BCUT2D eigenvalue weighted by molar-refractivity contribution is 7.86. The first-order valence-electron chi connectivity index (χ1n) is 7.25. The lowest BCUT2D eigenvalue weighted by Crippen LogP contribution is -2.39. The number of nitrogens with two attached hydrogens (primary N) is 1. The maximum absolute atomic E-state index is 14.5. The Morgan fingerprint density at radius 2 is 2.30 bits per heavy atom. The Bertz CT molecular complexity index is 697. The zero-order valence-corrected chi connectivity index (χ0v) is 13.4. The molecule has 1 saturated heterocycles. The number of benzene rings is 1. The molecule has 0 aliphatic carbocycles. The minimum absolute atomic E-state index is 0.161. The van der Waals surface area contributed by atoms with Crippen molar-refractivity contribution in [2.24, 2.45) is 16.6 Å². The monoisotopic (exact) mass is 339 g/mol. The van der Waals surface area contributed by atoms with Gasteiger partial charge in [-0.25, -0.2) is 4.39 Å². The lowest BCUT2D eigenvalue weighted by molar-refractivity contribution is -0.105. The Morgan fingerprint density at radius 1 is 1.52 bits per heavy atom. The van der Waals surface area contributed by atoms with Gasteiger partial charge in [0.05, 0.1) is 29.8 Å². The predicted octanol–water partition coefficient (Wildman–Crippen LogP) is 0.744. The summed E-state index contributed by atoms with van der Waals surface area (Å²) in [5.74, 6) is -0.286. The van der Waals surface area contributed by atoms with Crippen molar-refractivity contribution in [3.05, 3.63) is 29.6 Å². The fourth-order valence-electron chi connectivity index (χ4n) is 3.32. The van der Waals surface area contributed by atoms with Crippen molar-refractivity contribution in [3.63, 3.8) is 0 Å². The largest absolute Gasteiger partial charge is 0.387 e. The molecule has 2 heterocycles. The van der Waals surface area contributed by atoms with Crippen LogP contribution in [0, 0.1) is 11.7 Å². The SMILES string of the molecule is C[C@]1(c2cc(NC=O)ccc2F)N=C(N)CS(=O)[C@H]2COCC21. The van der Waals surface area contributed by atoms with E-state index in [2.05, 4.69) is 10.3 Å². The van der Waals surface area contributed by atoms with Crippen LogP contribution in [0.2, 0.25) is 0 Å². The van der Waals surface area contributed by atoms with Gasteiger partial charge in [0.15, 0.2) is 0 Å². The number of hydrogen-bond donors (Lipinski definition) is 2. The molecule has 1 aromatic carbocycles. The molecule has 6 nitrogen and oxygen atoms in total. The Hall–Kier alpha value is -1.80. The van der Waals surface area contributed by atoms with Crippen LogP contribution in [0.3, 0.4) is 0 Å². The Balaban J connectivity index is 2.14. The molecule has 3 N–H and O–H groups in total. The summed E-state index contributed by atoms with van der Waals surface area (Å²) in [6.45, 7) is 2.47. The second-order valence-corrected chi connectivity index (χ2v) is 7.57. The summed E-state index contributed by atoms with van der Waals surface area (Å²) in [4.78, 5) is 15.1. The van der Waals surface area contributed by atoms with E-state index in [0.29, 0.717) is 30.9 Å². The molecule has 124 valence electrons. The van der Waals surface area contributed by atoms with Gasteiger partial charge in [-0.2, -0.15) is 0 Å². The van der Waals surface area contributed by atoms with Crippen LogP contribution in [-0.4, -0.2) is 40.7 Å². The van der Waals surface area contributed by atoms with Gasteiger partial charge in [0.1, 0.15) is 11.7 Å². The average molecular weight is 339 g/mol. The van der Waals surface area contributed by atoms with E-state index in [-0.39, 0.29) is 22.8 Å². The number of amidine groups is 1. The number of fused-ring (bicyclic) bond motifs is 1. The summed E-state index contributed by atoms with van der Waals surface area (Å²) < 4.78 is 32.4. The van der Waals surface area contributed by atoms with Gasteiger partial charge >= 0.3 is 0 Å². The van der Waals surface area contributed by atoms with Crippen molar-refractivity contribution in [1.29, 1.82) is 0 Å². The van der Waals surface area contributed by atoms with E-state index in [9.17, 15) is 13.4 Å². The van der Waals surface area contributed by atoms with Crippen LogP contribution >= 0.6 is 0 Å². The third-order valence-corrected chi connectivity index (χ3v) is 6.21. The zero-order valence-electron chi connectivity index (χ0n) is 12.6. The molecule has 3 rings (SSSR count). The molecule has 1 fully saturated rings. The summed E-state index contributed by atoms with van der Waals surface area (Å²) in [7, 11) is -1.20. The van der Waals surface area contributed by atoms with E-state index in [4.69, 9.17) is 10.5 Å². The second kappa shape index (κ2) is 6.01. The molecule has 0 spiro atoms. The number of aliphatic imine (C=N–C) groups is 1. The lowest BCUT2D eigenvalue weighted by Gasteiger charge is -2.33. The zero-order chi connectivity index (χ0) is 16.6. The van der Waals surface area contributed by atoms with Crippen LogP contribution in [0.1, 0.15) is 12.5 Å². The Morgan fingerprint density at radius 3 is 3.04 bits per heavy atom. The van der Waals surface area contributed by atoms with Gasteiger partial charge in [0.2, 0.25) is 6.41 Å². The van der Waals surface area contributed by atoms with Crippen molar-refractivity contribution in [3.8, 4) is 0 Å². The average Bonchev–Trinajstić information content (AvgIpc) is 2.96. The minimum Gasteiger partial charge on any atom is -0.387 e. The minimum atomic E-state index is -1.20. The van der Waals surface area contributed by atoms with Gasteiger partial charge < -0.3 is 15.8 Å². The standard InChI is InChI=1S/C15H18FN3O3S/c1-15(10-4-9(18-8-20)2-3-12(10)16)11-5-22-6-13(11)23(21)7-14(17)19-15/h2-4,8,11,13H,5-7H2,1H3,(H2,17,19)(H,18,20)/t11?,13-,15+,23?/m0/s1. The quantitative estimate of drug-likeness (QED) is 0.795. The van der Waals surface area contributed by atoms with E-state index in [1.165, 1.54) is 12.1 Å². The molecule has 2 aliphatic heterocycles. The maximum atomic E-state index is 14.5. The van der Waals surface area contributed by atoms with E-state index in [0.717, 1.165) is 0 Å². The van der Waals surface area contributed by atoms with Crippen LogP contribution in [0.25, 0.3) is 0 Å². The van der Waals surface area contributed by atoms with Crippen molar-refractivity contribution in [1.82, 2.24) is 0 Å². The molecular formula is C15H18FN3O3S. The van der Waals surface area contributed by atoms with Gasteiger partial charge in [-0.15, -0.1) is 0 Å². The molecule has 0 radical (unpaired) electrons. The number of nitrogens with one attached hydrogen (secondary N) is 1. The van der Waals surface area contributed by atoms with Gasteiger partial charge in [-0.05, 0) is 25.1 Å². The Kier molecular flexibility index (Phi) is 4.20. The number of nitrogens with zero attached hydrogens (tertiary/aromatic N) is 1. The van der Waals surface area contributed by atoms with Gasteiger partial charge in [0, 0.05) is 28.0 Å². The van der Waals surface area contributed by atoms with Gasteiger partial charge in [-0.3, -0.25) is 14.0 Å². The van der Waals surface area contributed by atoms with Crippen molar-refractivity contribution in [2.75, 3.05) is 24.3 Å². The maximum Gasteiger partial charge on any atom is 0.211 e. The smallest absolute Gasteiger partial charge is 0.211 e. The van der Waals surface area contributed by atoms with Crippen LogP contribution in [-0.2, 0) is 25.9 Å². The third kappa shape index (κ3) is 2.76. The number of hydrogen-bond acceptors (Lipinski definition) is 5. The molecule has 4 atom stereocenters. The summed E-state index contributed by atoms with van der Waals surface area (Å²) in [6.07, 6.45) is 0.528. The summed E-state index contributed by atoms with van der Waals surface area (Å²) in [5, 5.41) is 2.26. The van der Waals surface area contributed by atoms with E-state index < -0.39 is 22.2 Å². The molecule has 0 bridgehead atoms.